The average molecular weight is 619 g/mol. The van der Waals surface area contributed by atoms with Crippen LogP contribution >= 0.6 is 23.2 Å². The molecule has 0 radical (unpaired) electrons. The number of ether oxygens (including phenoxy) is 1. The van der Waals surface area contributed by atoms with Gasteiger partial charge in [-0.3, -0.25) is 14.5 Å². The lowest BCUT2D eigenvalue weighted by Crippen LogP contribution is -2.29. The Bertz CT molecular complexity index is 1750. The van der Waals surface area contributed by atoms with Gasteiger partial charge in [-0.25, -0.2) is 5.43 Å². The minimum atomic E-state index is -1.16. The average Bonchev–Trinajstić information content (AvgIpc) is 3.56. The van der Waals surface area contributed by atoms with Crippen LogP contribution in [0.4, 0.5) is 11.4 Å². The van der Waals surface area contributed by atoms with E-state index >= 15 is 0 Å². The summed E-state index contributed by atoms with van der Waals surface area (Å²) in [5.74, 6) is 0.422. The number of hydrazine groups is 1. The number of aliphatic hydroxyl groups excluding tert-OH is 1. The Morgan fingerprint density at radius 3 is 2.60 bits per heavy atom. The van der Waals surface area contributed by atoms with Gasteiger partial charge < -0.3 is 20.2 Å². The van der Waals surface area contributed by atoms with Crippen LogP contribution in [0.1, 0.15) is 35.8 Å². The number of anilines is 2. The van der Waals surface area contributed by atoms with Gasteiger partial charge in [-0.2, -0.15) is 0 Å². The van der Waals surface area contributed by atoms with Crippen LogP contribution in [0.2, 0.25) is 10.0 Å². The molecule has 5 aromatic rings. The normalized spacial score (nSPS) is 14.3. The van der Waals surface area contributed by atoms with Crippen LogP contribution in [0.3, 0.4) is 0 Å². The van der Waals surface area contributed by atoms with E-state index < -0.39 is 6.10 Å². The number of aryl methyl sites for hydroxylation is 1. The number of aliphatic hydroxyl groups is 1. The highest BCUT2D eigenvalue weighted by molar-refractivity contribution is 6.31. The van der Waals surface area contributed by atoms with Crippen LogP contribution in [0, 0.1) is 0 Å². The zero-order valence-electron chi connectivity index (χ0n) is 23.1. The van der Waals surface area contributed by atoms with E-state index in [-0.39, 0.29) is 5.91 Å². The first kappa shape index (κ1) is 28.9. The van der Waals surface area contributed by atoms with E-state index in [4.69, 9.17) is 27.9 Å². The van der Waals surface area contributed by atoms with Crippen molar-refractivity contribution >= 4 is 51.4 Å². The summed E-state index contributed by atoms with van der Waals surface area (Å²) in [6.45, 7) is 2.08. The maximum absolute atomic E-state index is 12.5. The summed E-state index contributed by atoms with van der Waals surface area (Å²) in [4.78, 5) is 18.5. The van der Waals surface area contributed by atoms with E-state index in [1.165, 1.54) is 0 Å². The number of nitrogens with one attached hydrogen (secondary N) is 2. The van der Waals surface area contributed by atoms with Gasteiger partial charge in [-0.05, 0) is 73.0 Å². The fraction of sp³-hybridized carbons (Fsp3) is 0.226. The van der Waals surface area contributed by atoms with Crippen LogP contribution < -0.4 is 20.5 Å². The van der Waals surface area contributed by atoms with Gasteiger partial charge in [0.1, 0.15) is 18.1 Å². The highest BCUT2D eigenvalue weighted by Crippen LogP contribution is 2.37. The molecule has 0 fully saturated rings. The molecule has 0 aliphatic carbocycles. The van der Waals surface area contributed by atoms with E-state index in [0.717, 1.165) is 46.4 Å². The molecule has 2 aromatic heterocycles. The van der Waals surface area contributed by atoms with Gasteiger partial charge in [0.15, 0.2) is 6.10 Å². The molecule has 6 rings (SSSR count). The van der Waals surface area contributed by atoms with Crippen LogP contribution in [0.15, 0.2) is 79.1 Å². The molecule has 12 heteroatoms. The molecule has 220 valence electrons. The number of amides is 1. The van der Waals surface area contributed by atoms with Crippen LogP contribution in [-0.4, -0.2) is 37.5 Å². The molecule has 1 atom stereocenters. The van der Waals surface area contributed by atoms with Crippen LogP contribution in [-0.2, 0) is 24.5 Å². The minimum absolute atomic E-state index is 0.303. The second-order valence-corrected chi connectivity index (χ2v) is 11.1. The SMILES string of the molecule is O=C1C(O)c2cc(Cl)ccc2N1CCCCn1cc(COc2ccc(CNNc3ccnc4cc(Cl)ccc34)cc2)nn1. The summed E-state index contributed by atoms with van der Waals surface area (Å²) in [6, 6.07) is 20.5. The minimum Gasteiger partial charge on any atom is -0.487 e. The van der Waals surface area contributed by atoms with Crippen molar-refractivity contribution in [3.05, 3.63) is 106 Å². The highest BCUT2D eigenvalue weighted by Gasteiger charge is 2.35. The molecule has 1 unspecified atom stereocenters. The fourth-order valence-corrected chi connectivity index (χ4v) is 5.36. The molecule has 0 bridgehead atoms. The van der Waals surface area contributed by atoms with Gasteiger partial charge in [0, 0.05) is 46.8 Å². The Balaban J connectivity index is 0.923. The van der Waals surface area contributed by atoms with Gasteiger partial charge in [-0.15, -0.1) is 5.10 Å². The summed E-state index contributed by atoms with van der Waals surface area (Å²) in [7, 11) is 0. The number of carbonyl (C=O) groups is 1. The molecule has 3 N–H and O–H groups in total. The predicted molar refractivity (Wildman–Crippen MR) is 166 cm³/mol. The fourth-order valence-electron chi connectivity index (χ4n) is 5.01. The summed E-state index contributed by atoms with van der Waals surface area (Å²) >= 11 is 12.1. The third kappa shape index (κ3) is 6.73. The maximum atomic E-state index is 12.5. The monoisotopic (exact) mass is 617 g/mol. The van der Waals surface area contributed by atoms with E-state index in [9.17, 15) is 9.90 Å². The summed E-state index contributed by atoms with van der Waals surface area (Å²) in [5.41, 5.74) is 11.3. The first-order chi connectivity index (χ1) is 20.9. The van der Waals surface area contributed by atoms with Crippen molar-refractivity contribution in [3.63, 3.8) is 0 Å². The quantitative estimate of drug-likeness (QED) is 0.121. The first-order valence-electron chi connectivity index (χ1n) is 13.9. The summed E-state index contributed by atoms with van der Waals surface area (Å²) in [6.07, 6.45) is 3.99. The molecule has 0 spiro atoms. The van der Waals surface area contributed by atoms with Crippen molar-refractivity contribution < 1.29 is 14.6 Å². The molecular formula is C31H29Cl2N7O3. The highest BCUT2D eigenvalue weighted by atomic mass is 35.5. The third-order valence-corrected chi connectivity index (χ3v) is 7.68. The number of unbranched alkanes of at least 4 members (excludes halogenated alkanes) is 1. The lowest BCUT2D eigenvalue weighted by Gasteiger charge is -2.17. The second-order valence-electron chi connectivity index (χ2n) is 10.2. The second kappa shape index (κ2) is 13.0. The summed E-state index contributed by atoms with van der Waals surface area (Å²) in [5, 5.41) is 20.8. The number of rotatable bonds is 12. The predicted octanol–water partition coefficient (Wildman–Crippen LogP) is 5.69. The Kier molecular flexibility index (Phi) is 8.71. The smallest absolute Gasteiger partial charge is 0.260 e. The van der Waals surface area contributed by atoms with Crippen molar-refractivity contribution in [2.75, 3.05) is 16.9 Å². The molecule has 10 nitrogen and oxygen atoms in total. The number of nitrogens with zero attached hydrogens (tertiary/aromatic N) is 5. The number of halogens is 2. The Labute approximate surface area is 258 Å². The molecular weight excluding hydrogens is 589 g/mol. The Morgan fingerprint density at radius 1 is 0.953 bits per heavy atom. The molecule has 1 aliphatic rings. The molecule has 1 amide bonds. The number of aromatic nitrogens is 4. The number of hydrogen-bond donors (Lipinski definition) is 3. The van der Waals surface area contributed by atoms with E-state index in [0.29, 0.717) is 47.5 Å². The van der Waals surface area contributed by atoms with E-state index in [2.05, 4.69) is 26.1 Å². The molecule has 0 saturated heterocycles. The number of carbonyl (C=O) groups excluding carboxylic acids is 1. The van der Waals surface area contributed by atoms with E-state index in [1.807, 2.05) is 54.7 Å². The van der Waals surface area contributed by atoms with Gasteiger partial charge in [0.05, 0.1) is 23.1 Å². The third-order valence-electron chi connectivity index (χ3n) is 7.21. The first-order valence-corrected chi connectivity index (χ1v) is 14.6. The van der Waals surface area contributed by atoms with Crippen molar-refractivity contribution in [3.8, 4) is 5.75 Å². The van der Waals surface area contributed by atoms with E-state index in [1.54, 1.807) is 34.0 Å². The molecule has 0 saturated carbocycles. The zero-order chi connectivity index (χ0) is 29.8. The largest absolute Gasteiger partial charge is 0.487 e. The number of benzene rings is 3. The lowest BCUT2D eigenvalue weighted by molar-refractivity contribution is -0.125. The van der Waals surface area contributed by atoms with Gasteiger partial charge in [0.25, 0.3) is 5.91 Å². The number of hydrogen-bond acceptors (Lipinski definition) is 8. The molecule has 43 heavy (non-hydrogen) atoms. The number of fused-ring (bicyclic) bond motifs is 2. The maximum Gasteiger partial charge on any atom is 0.260 e. The molecule has 1 aliphatic heterocycles. The molecule has 3 heterocycles. The van der Waals surface area contributed by atoms with Crippen molar-refractivity contribution in [2.45, 2.75) is 38.6 Å². The van der Waals surface area contributed by atoms with Gasteiger partial charge in [-0.1, -0.05) is 40.5 Å². The summed E-state index contributed by atoms with van der Waals surface area (Å²) < 4.78 is 7.68. The lowest BCUT2D eigenvalue weighted by atomic mass is 10.1. The van der Waals surface area contributed by atoms with Crippen molar-refractivity contribution in [1.29, 1.82) is 0 Å². The van der Waals surface area contributed by atoms with Crippen LogP contribution in [0.5, 0.6) is 5.75 Å². The van der Waals surface area contributed by atoms with Gasteiger partial charge >= 0.3 is 0 Å². The van der Waals surface area contributed by atoms with Crippen LogP contribution in [0.25, 0.3) is 10.9 Å². The van der Waals surface area contributed by atoms with Gasteiger partial charge in [0.2, 0.25) is 0 Å². The topological polar surface area (TPSA) is 117 Å². The molecule has 3 aromatic carbocycles. The van der Waals surface area contributed by atoms with Crippen molar-refractivity contribution in [2.24, 2.45) is 0 Å². The number of pyridine rings is 1. The Hall–Kier alpha value is -4.22. The zero-order valence-corrected chi connectivity index (χ0v) is 24.6. The Morgan fingerprint density at radius 2 is 1.74 bits per heavy atom. The standard InChI is InChI=1S/C31H29Cl2N7O3/c32-21-6-10-29-26(15-21)30(41)31(42)40(29)14-2-1-13-39-18-23(36-38-39)19-43-24-7-3-20(4-8-24)17-35-37-27-11-12-34-28-16-22(33)5-9-25(27)28/h3-12,15-16,18,30,35,41H,1-2,13-14,17,19H2,(H,34,37). The van der Waals surface area contributed by atoms with Crippen molar-refractivity contribution in [1.82, 2.24) is 25.4 Å².